The molecule has 218 valence electrons. The van der Waals surface area contributed by atoms with Gasteiger partial charge in [0.25, 0.3) is 10.0 Å². The summed E-state index contributed by atoms with van der Waals surface area (Å²) in [6.07, 6.45) is 2.32. The van der Waals surface area contributed by atoms with E-state index in [1.54, 1.807) is 24.3 Å². The molecule has 41 heavy (non-hydrogen) atoms. The van der Waals surface area contributed by atoms with Gasteiger partial charge in [-0.1, -0.05) is 5.16 Å². The number of likely N-dealkylation sites (N-methyl/N-ethyl adjacent to an activating group) is 1. The predicted molar refractivity (Wildman–Crippen MR) is 154 cm³/mol. The van der Waals surface area contributed by atoms with Crippen LogP contribution >= 0.6 is 0 Å². The van der Waals surface area contributed by atoms with Crippen LogP contribution in [0.2, 0.25) is 0 Å². The Morgan fingerprint density at radius 1 is 0.951 bits per heavy atom. The second-order valence-corrected chi connectivity index (χ2v) is 11.9. The highest BCUT2D eigenvalue weighted by Gasteiger charge is 2.30. The third-order valence-corrected chi connectivity index (χ3v) is 8.89. The standard InChI is InChI=1S/C27H33N7O6S/c1-33-7-9-34(10-8-33)17-11-23(38-3)26(24(12-17)39-4)41(35,36)32-27-18-13-22(37-2)20(14-21(18)40-31-27)28-25-15-19(29-30-25)16-5-6-16/h11-16H,5-10H2,1-4H3,(H,31,32)(H2,28,29,30). The monoisotopic (exact) mass is 583 g/mol. The largest absolute Gasteiger partial charge is 0.495 e. The molecule has 14 heteroatoms. The van der Waals surface area contributed by atoms with E-state index in [9.17, 15) is 8.42 Å². The molecular weight excluding hydrogens is 550 g/mol. The number of ether oxygens (including phenoxy) is 3. The fourth-order valence-electron chi connectivity index (χ4n) is 5.00. The first-order chi connectivity index (χ1) is 19.8. The second-order valence-electron chi connectivity index (χ2n) is 10.3. The van der Waals surface area contributed by atoms with Crippen molar-refractivity contribution in [1.82, 2.24) is 20.3 Å². The number of H-pyrrole nitrogens is 1. The molecule has 2 aromatic carbocycles. The molecule has 13 nitrogen and oxygen atoms in total. The summed E-state index contributed by atoms with van der Waals surface area (Å²) in [5.74, 6) is 1.97. The van der Waals surface area contributed by atoms with Crippen molar-refractivity contribution in [3.8, 4) is 17.2 Å². The summed E-state index contributed by atoms with van der Waals surface area (Å²) < 4.78 is 52.2. The van der Waals surface area contributed by atoms with Crippen molar-refractivity contribution >= 4 is 44.0 Å². The number of hydrogen-bond acceptors (Lipinski definition) is 11. The van der Waals surface area contributed by atoms with E-state index in [2.05, 4.69) is 42.2 Å². The van der Waals surface area contributed by atoms with E-state index in [4.69, 9.17) is 18.7 Å². The van der Waals surface area contributed by atoms with Crippen molar-refractivity contribution in [2.24, 2.45) is 0 Å². The lowest BCUT2D eigenvalue weighted by Gasteiger charge is -2.34. The minimum atomic E-state index is -4.21. The zero-order chi connectivity index (χ0) is 28.7. The van der Waals surface area contributed by atoms with Gasteiger partial charge < -0.3 is 33.9 Å². The SMILES string of the molecule is COc1cc2c(NS(=O)(=O)c3c(OC)cc(N4CCN(C)CC4)cc3OC)noc2cc1Nc1cc(C2CC2)[nH]n1. The Morgan fingerprint density at radius 3 is 2.27 bits per heavy atom. The molecule has 2 aliphatic rings. The third-order valence-electron chi connectivity index (χ3n) is 7.48. The Labute approximate surface area is 237 Å². The predicted octanol–water partition coefficient (Wildman–Crippen LogP) is 3.75. The van der Waals surface area contributed by atoms with Crippen LogP contribution in [-0.2, 0) is 10.0 Å². The average molecular weight is 584 g/mol. The number of nitrogens with zero attached hydrogens (tertiary/aromatic N) is 4. The zero-order valence-corrected chi connectivity index (χ0v) is 24.2. The van der Waals surface area contributed by atoms with Crippen LogP contribution in [0, 0.1) is 0 Å². The Balaban J connectivity index is 1.30. The van der Waals surface area contributed by atoms with Crippen LogP contribution in [0.25, 0.3) is 11.0 Å². The number of fused-ring (bicyclic) bond motifs is 1. The topological polar surface area (TPSA) is 147 Å². The summed E-state index contributed by atoms with van der Waals surface area (Å²) in [7, 11) is 2.25. The Bertz CT molecular complexity index is 1650. The summed E-state index contributed by atoms with van der Waals surface area (Å²) >= 11 is 0. The highest BCUT2D eigenvalue weighted by molar-refractivity contribution is 7.93. The Morgan fingerprint density at radius 2 is 1.63 bits per heavy atom. The van der Waals surface area contributed by atoms with Crippen molar-refractivity contribution in [1.29, 1.82) is 0 Å². The van der Waals surface area contributed by atoms with Crippen LogP contribution in [0.15, 0.2) is 39.8 Å². The van der Waals surface area contributed by atoms with Gasteiger partial charge in [-0.25, -0.2) is 8.42 Å². The fourth-order valence-corrected chi connectivity index (χ4v) is 6.32. The molecule has 3 heterocycles. The molecule has 0 radical (unpaired) electrons. The molecule has 2 fully saturated rings. The first kappa shape index (κ1) is 27.0. The van der Waals surface area contributed by atoms with Crippen molar-refractivity contribution in [3.05, 3.63) is 36.0 Å². The van der Waals surface area contributed by atoms with Crippen LogP contribution in [0.3, 0.4) is 0 Å². The number of rotatable bonds is 10. The molecule has 0 unspecified atom stereocenters. The lowest BCUT2D eigenvalue weighted by atomic mass is 10.2. The van der Waals surface area contributed by atoms with Gasteiger partial charge in [0.05, 0.1) is 32.4 Å². The van der Waals surface area contributed by atoms with Crippen LogP contribution < -0.4 is 29.1 Å². The first-order valence-corrected chi connectivity index (χ1v) is 14.8. The quantitative estimate of drug-likeness (QED) is 0.251. The van der Waals surface area contributed by atoms with E-state index in [0.29, 0.717) is 34.1 Å². The lowest BCUT2D eigenvalue weighted by Crippen LogP contribution is -2.44. The number of nitrogens with one attached hydrogen (secondary N) is 3. The minimum Gasteiger partial charge on any atom is -0.495 e. The maximum Gasteiger partial charge on any atom is 0.270 e. The van der Waals surface area contributed by atoms with Crippen molar-refractivity contribution < 1.29 is 27.2 Å². The van der Waals surface area contributed by atoms with E-state index < -0.39 is 10.0 Å². The number of aromatic nitrogens is 3. The van der Waals surface area contributed by atoms with Gasteiger partial charge in [0, 0.05) is 67.7 Å². The summed E-state index contributed by atoms with van der Waals surface area (Å²) in [5.41, 5.74) is 2.87. The molecule has 1 saturated carbocycles. The van der Waals surface area contributed by atoms with E-state index in [0.717, 1.165) is 50.4 Å². The summed E-state index contributed by atoms with van der Waals surface area (Å²) in [6, 6.07) is 8.75. The van der Waals surface area contributed by atoms with Crippen LogP contribution in [0.4, 0.5) is 23.0 Å². The lowest BCUT2D eigenvalue weighted by molar-refractivity contribution is 0.312. The van der Waals surface area contributed by atoms with Gasteiger partial charge in [0.2, 0.25) is 0 Å². The van der Waals surface area contributed by atoms with Crippen LogP contribution in [0.1, 0.15) is 24.5 Å². The van der Waals surface area contributed by atoms with Crippen LogP contribution in [0.5, 0.6) is 17.2 Å². The molecule has 1 aliphatic heterocycles. The number of hydrogen-bond donors (Lipinski definition) is 3. The van der Waals surface area contributed by atoms with Crippen molar-refractivity contribution in [2.75, 3.05) is 69.5 Å². The summed E-state index contributed by atoms with van der Waals surface area (Å²) in [6.45, 7) is 3.40. The van der Waals surface area contributed by atoms with Gasteiger partial charge in [0.15, 0.2) is 22.1 Å². The number of anilines is 4. The molecule has 0 spiro atoms. The molecule has 4 aromatic rings. The molecule has 2 aromatic heterocycles. The summed E-state index contributed by atoms with van der Waals surface area (Å²) in [5, 5.41) is 15.1. The molecule has 0 atom stereocenters. The molecule has 1 saturated heterocycles. The number of aromatic amines is 1. The highest BCUT2D eigenvalue weighted by Crippen LogP contribution is 2.42. The highest BCUT2D eigenvalue weighted by atomic mass is 32.2. The Hall–Kier alpha value is -4.17. The van der Waals surface area contributed by atoms with Gasteiger partial charge in [-0.05, 0) is 26.0 Å². The molecule has 0 bridgehead atoms. The van der Waals surface area contributed by atoms with E-state index in [1.807, 2.05) is 6.07 Å². The number of methoxy groups -OCH3 is 3. The zero-order valence-electron chi connectivity index (χ0n) is 23.4. The maximum absolute atomic E-state index is 13.7. The van der Waals surface area contributed by atoms with Crippen molar-refractivity contribution in [2.45, 2.75) is 23.7 Å². The molecule has 3 N–H and O–H groups in total. The number of piperazine rings is 1. The normalized spacial score (nSPS) is 16.1. The van der Waals surface area contributed by atoms with Gasteiger partial charge in [-0.2, -0.15) is 5.10 Å². The molecular formula is C27H33N7O6S. The van der Waals surface area contributed by atoms with Crippen molar-refractivity contribution in [3.63, 3.8) is 0 Å². The average Bonchev–Trinajstić information content (AvgIpc) is 3.61. The van der Waals surface area contributed by atoms with E-state index >= 15 is 0 Å². The van der Waals surface area contributed by atoms with Gasteiger partial charge in [0.1, 0.15) is 17.2 Å². The number of benzene rings is 2. The first-order valence-electron chi connectivity index (χ1n) is 13.3. The fraction of sp³-hybridized carbons (Fsp3) is 0.407. The van der Waals surface area contributed by atoms with E-state index in [-0.39, 0.29) is 22.2 Å². The smallest absolute Gasteiger partial charge is 0.270 e. The van der Waals surface area contributed by atoms with Gasteiger partial charge >= 0.3 is 0 Å². The minimum absolute atomic E-state index is 0.00731. The maximum atomic E-state index is 13.7. The van der Waals surface area contributed by atoms with E-state index in [1.165, 1.54) is 21.3 Å². The molecule has 0 amide bonds. The molecule has 6 rings (SSSR count). The van der Waals surface area contributed by atoms with Gasteiger partial charge in [-0.3, -0.25) is 9.82 Å². The van der Waals surface area contributed by atoms with Gasteiger partial charge in [-0.15, -0.1) is 0 Å². The van der Waals surface area contributed by atoms with Crippen LogP contribution in [-0.4, -0.2) is 83.2 Å². The Kier molecular flexibility index (Phi) is 7.03. The second kappa shape index (κ2) is 10.7. The molecule has 1 aliphatic carbocycles. The summed E-state index contributed by atoms with van der Waals surface area (Å²) in [4.78, 5) is 4.28. The third kappa shape index (κ3) is 5.32. The number of sulfonamides is 1.